The number of carbonyl (C=O) groups is 4. The summed E-state index contributed by atoms with van der Waals surface area (Å²) in [6.07, 6.45) is 6.54. The molecule has 10 heteroatoms. The summed E-state index contributed by atoms with van der Waals surface area (Å²) >= 11 is 1.38. The Bertz CT molecular complexity index is 1480. The summed E-state index contributed by atoms with van der Waals surface area (Å²) in [7, 11) is 0. The third-order valence-corrected chi connectivity index (χ3v) is 10.6. The van der Waals surface area contributed by atoms with Crippen LogP contribution in [0.5, 0.6) is 0 Å². The highest BCUT2D eigenvalue weighted by atomic mass is 32.1. The van der Waals surface area contributed by atoms with Gasteiger partial charge in [-0.25, -0.2) is 0 Å². The molecule has 2 saturated carbocycles. The Morgan fingerprint density at radius 2 is 1.69 bits per heavy atom. The Morgan fingerprint density at radius 1 is 0.956 bits per heavy atom. The van der Waals surface area contributed by atoms with Gasteiger partial charge in [-0.1, -0.05) is 68.3 Å². The molecular weight excluding hydrogens is 586 g/mol. The zero-order valence-electron chi connectivity index (χ0n) is 26.1. The number of amides is 4. The first-order valence-corrected chi connectivity index (χ1v) is 17.0. The summed E-state index contributed by atoms with van der Waals surface area (Å²) in [4.78, 5) is 54.3. The van der Waals surface area contributed by atoms with Gasteiger partial charge in [0.15, 0.2) is 0 Å². The Labute approximate surface area is 269 Å². The van der Waals surface area contributed by atoms with Gasteiger partial charge in [-0.05, 0) is 68.5 Å². The number of thiophene rings is 1. The van der Waals surface area contributed by atoms with Crippen molar-refractivity contribution in [1.82, 2.24) is 21.3 Å². The van der Waals surface area contributed by atoms with E-state index in [0.717, 1.165) is 41.3 Å². The molecule has 0 bridgehead atoms. The van der Waals surface area contributed by atoms with Crippen LogP contribution >= 0.6 is 11.3 Å². The number of carbonyl (C=O) groups excluding carboxylic acids is 4. The normalized spacial score (nSPS) is 23.4. The van der Waals surface area contributed by atoms with Crippen molar-refractivity contribution in [3.63, 3.8) is 0 Å². The second-order valence-electron chi connectivity index (χ2n) is 12.8. The predicted octanol–water partition coefficient (Wildman–Crippen LogP) is 4.20. The Balaban J connectivity index is 1.23. The van der Waals surface area contributed by atoms with E-state index in [0.29, 0.717) is 37.0 Å². The molecule has 2 aromatic carbocycles. The highest BCUT2D eigenvalue weighted by Crippen LogP contribution is 2.28. The zero-order chi connectivity index (χ0) is 32.0. The molecule has 9 nitrogen and oxygen atoms in total. The van der Waals surface area contributed by atoms with Crippen LogP contribution in [0.3, 0.4) is 0 Å². The van der Waals surface area contributed by atoms with Crippen LogP contribution in [0.1, 0.15) is 80.4 Å². The van der Waals surface area contributed by atoms with E-state index in [1.54, 1.807) is 6.92 Å². The van der Waals surface area contributed by atoms with Gasteiger partial charge in [0.2, 0.25) is 17.7 Å². The van der Waals surface area contributed by atoms with Crippen molar-refractivity contribution in [2.24, 2.45) is 11.7 Å². The molecule has 0 radical (unpaired) electrons. The monoisotopic (exact) mass is 631 g/mol. The summed E-state index contributed by atoms with van der Waals surface area (Å²) in [5, 5.41) is 13.1. The fourth-order valence-corrected chi connectivity index (χ4v) is 7.34. The molecule has 1 heterocycles. The van der Waals surface area contributed by atoms with Crippen LogP contribution in [-0.4, -0.2) is 53.3 Å². The molecule has 45 heavy (non-hydrogen) atoms. The van der Waals surface area contributed by atoms with E-state index in [-0.39, 0.29) is 41.8 Å². The van der Waals surface area contributed by atoms with Crippen LogP contribution in [0.2, 0.25) is 0 Å². The smallest absolute Gasteiger partial charge is 0.262 e. The standard InChI is InChI=1S/C35H45N5O4S/c1-3-35(2,40-33(43)30-21-23-13-7-10-16-29(23)45-30)34(44)39-28(19-22-11-5-4-6-12-22)32(42)37-25-18-17-24(20-25)31(41)38-27-15-9-8-14-26(27)36/h4-7,10-13,16,21,24-28H,3,8-9,14-15,17-20,36H2,1-2H3,(H,37,42)(H,38,41)(H,39,44)(H,40,43)/t24-,25+,26+,27+,28-,35+/m1/s1. The average Bonchev–Trinajstić information content (AvgIpc) is 3.70. The molecule has 6 atom stereocenters. The molecule has 0 aliphatic heterocycles. The van der Waals surface area contributed by atoms with Crippen molar-refractivity contribution in [3.8, 4) is 0 Å². The maximum absolute atomic E-state index is 13.8. The third-order valence-electron chi connectivity index (χ3n) is 9.45. The van der Waals surface area contributed by atoms with E-state index in [1.807, 2.05) is 67.6 Å². The number of nitrogens with two attached hydrogens (primary N) is 1. The molecule has 2 fully saturated rings. The van der Waals surface area contributed by atoms with Crippen LogP contribution in [0, 0.1) is 5.92 Å². The maximum Gasteiger partial charge on any atom is 0.262 e. The maximum atomic E-state index is 13.8. The summed E-state index contributed by atoms with van der Waals surface area (Å²) in [6, 6.07) is 18.1. The number of hydrogen-bond donors (Lipinski definition) is 5. The van der Waals surface area contributed by atoms with Gasteiger partial charge in [-0.3, -0.25) is 19.2 Å². The van der Waals surface area contributed by atoms with Gasteiger partial charge in [0.25, 0.3) is 5.91 Å². The Hall–Kier alpha value is -3.76. The minimum absolute atomic E-state index is 0.00880. The quantitative estimate of drug-likeness (QED) is 0.216. The summed E-state index contributed by atoms with van der Waals surface area (Å²) in [6.45, 7) is 3.52. The van der Waals surface area contributed by atoms with E-state index < -0.39 is 17.5 Å². The first-order chi connectivity index (χ1) is 21.6. The molecule has 0 unspecified atom stereocenters. The Morgan fingerprint density at radius 3 is 2.42 bits per heavy atom. The fraction of sp³-hybridized carbons (Fsp3) is 0.486. The van der Waals surface area contributed by atoms with Gasteiger partial charge in [0.1, 0.15) is 11.6 Å². The second kappa shape index (κ2) is 14.6. The van der Waals surface area contributed by atoms with E-state index in [9.17, 15) is 19.2 Å². The van der Waals surface area contributed by atoms with Crippen LogP contribution < -0.4 is 27.0 Å². The van der Waals surface area contributed by atoms with Crippen molar-refractivity contribution < 1.29 is 19.2 Å². The molecule has 2 aliphatic carbocycles. The SMILES string of the molecule is CC[C@](C)(NC(=O)c1cc2ccccc2s1)C(=O)N[C@H](Cc1ccccc1)C(=O)N[C@H]1CC[C@@H](C(=O)N[C@H]2CCCC[C@@H]2N)C1. The Kier molecular flexibility index (Phi) is 10.6. The van der Waals surface area contributed by atoms with Crippen molar-refractivity contribution in [2.75, 3.05) is 0 Å². The largest absolute Gasteiger partial charge is 0.352 e. The van der Waals surface area contributed by atoms with E-state index in [2.05, 4.69) is 21.3 Å². The topological polar surface area (TPSA) is 142 Å². The van der Waals surface area contributed by atoms with E-state index in [4.69, 9.17) is 5.73 Å². The van der Waals surface area contributed by atoms with Crippen molar-refractivity contribution in [2.45, 2.75) is 101 Å². The lowest BCUT2D eigenvalue weighted by Gasteiger charge is -2.31. The molecule has 3 aromatic rings. The van der Waals surface area contributed by atoms with Gasteiger partial charge in [0.05, 0.1) is 4.88 Å². The molecule has 240 valence electrons. The molecule has 6 N–H and O–H groups in total. The molecular formula is C35H45N5O4S. The number of fused-ring (bicyclic) bond motifs is 1. The van der Waals surface area contributed by atoms with Gasteiger partial charge < -0.3 is 27.0 Å². The van der Waals surface area contributed by atoms with Gasteiger partial charge >= 0.3 is 0 Å². The summed E-state index contributed by atoms with van der Waals surface area (Å²) in [5.41, 5.74) is 5.90. The second-order valence-corrected chi connectivity index (χ2v) is 13.9. The lowest BCUT2D eigenvalue weighted by atomic mass is 9.90. The summed E-state index contributed by atoms with van der Waals surface area (Å²) < 4.78 is 0.995. The number of rotatable bonds is 11. The number of hydrogen-bond acceptors (Lipinski definition) is 6. The highest BCUT2D eigenvalue weighted by molar-refractivity contribution is 7.20. The minimum atomic E-state index is -1.24. The van der Waals surface area contributed by atoms with Crippen LogP contribution in [-0.2, 0) is 20.8 Å². The number of nitrogens with one attached hydrogen (secondary N) is 4. The average molecular weight is 632 g/mol. The lowest BCUT2D eigenvalue weighted by molar-refractivity contribution is -0.132. The fourth-order valence-electron chi connectivity index (χ4n) is 6.38. The van der Waals surface area contributed by atoms with Crippen LogP contribution in [0.15, 0.2) is 60.7 Å². The van der Waals surface area contributed by atoms with Gasteiger partial charge in [0, 0.05) is 35.2 Å². The van der Waals surface area contributed by atoms with E-state index >= 15 is 0 Å². The van der Waals surface area contributed by atoms with Crippen molar-refractivity contribution in [1.29, 1.82) is 0 Å². The molecule has 4 amide bonds. The molecule has 0 saturated heterocycles. The van der Waals surface area contributed by atoms with Crippen molar-refractivity contribution in [3.05, 3.63) is 71.1 Å². The zero-order valence-corrected chi connectivity index (χ0v) is 27.0. The minimum Gasteiger partial charge on any atom is -0.352 e. The molecule has 2 aliphatic rings. The van der Waals surface area contributed by atoms with E-state index in [1.165, 1.54) is 11.3 Å². The lowest BCUT2D eigenvalue weighted by Crippen LogP contribution is -2.61. The first-order valence-electron chi connectivity index (χ1n) is 16.2. The third kappa shape index (κ3) is 8.10. The van der Waals surface area contributed by atoms with Crippen LogP contribution in [0.4, 0.5) is 0 Å². The molecule has 1 aromatic heterocycles. The predicted molar refractivity (Wildman–Crippen MR) is 178 cm³/mol. The number of benzene rings is 2. The van der Waals surface area contributed by atoms with Crippen LogP contribution in [0.25, 0.3) is 10.1 Å². The highest BCUT2D eigenvalue weighted by Gasteiger charge is 2.38. The first kappa shape index (κ1) is 32.6. The van der Waals surface area contributed by atoms with Gasteiger partial charge in [-0.2, -0.15) is 0 Å². The summed E-state index contributed by atoms with van der Waals surface area (Å²) in [5.74, 6) is -1.23. The van der Waals surface area contributed by atoms with Gasteiger partial charge in [-0.15, -0.1) is 11.3 Å². The molecule has 0 spiro atoms. The van der Waals surface area contributed by atoms with Crippen molar-refractivity contribution >= 4 is 45.1 Å². The molecule has 5 rings (SSSR count).